The maximum Gasteiger partial charge on any atom is 0.225 e. The third-order valence-electron chi connectivity index (χ3n) is 4.09. The first-order chi connectivity index (χ1) is 11.1. The van der Waals surface area contributed by atoms with Gasteiger partial charge in [-0.3, -0.25) is 9.69 Å². The van der Waals surface area contributed by atoms with Crippen molar-refractivity contribution in [1.29, 1.82) is 0 Å². The van der Waals surface area contributed by atoms with Crippen molar-refractivity contribution in [2.24, 2.45) is 5.92 Å². The van der Waals surface area contributed by atoms with E-state index in [4.69, 9.17) is 0 Å². The van der Waals surface area contributed by atoms with Gasteiger partial charge in [0.1, 0.15) is 0 Å². The van der Waals surface area contributed by atoms with Crippen molar-refractivity contribution in [1.82, 2.24) is 24.8 Å². The van der Waals surface area contributed by atoms with Crippen LogP contribution in [0.25, 0.3) is 5.69 Å². The lowest BCUT2D eigenvalue weighted by Gasteiger charge is -2.35. The summed E-state index contributed by atoms with van der Waals surface area (Å²) in [5.41, 5.74) is 1.92. The molecule has 6 nitrogen and oxygen atoms in total. The summed E-state index contributed by atoms with van der Waals surface area (Å²) in [5.74, 6) is 0.326. The number of piperazine rings is 1. The maximum absolute atomic E-state index is 12.0. The monoisotopic (exact) mass is 313 g/mol. The smallest absolute Gasteiger partial charge is 0.225 e. The van der Waals surface area contributed by atoms with Gasteiger partial charge >= 0.3 is 0 Å². The molecule has 0 atom stereocenters. The number of para-hydroxylation sites is 1. The van der Waals surface area contributed by atoms with Crippen molar-refractivity contribution < 1.29 is 4.79 Å². The second-order valence-electron chi connectivity index (χ2n) is 6.22. The molecule has 0 unspecified atom stereocenters. The molecule has 1 fully saturated rings. The fourth-order valence-electron chi connectivity index (χ4n) is 2.77. The van der Waals surface area contributed by atoms with Crippen LogP contribution in [-0.4, -0.2) is 56.9 Å². The maximum atomic E-state index is 12.0. The number of hydrogen-bond acceptors (Lipinski definition) is 4. The summed E-state index contributed by atoms with van der Waals surface area (Å²) in [6, 6.07) is 9.90. The lowest BCUT2D eigenvalue weighted by Crippen LogP contribution is -2.49. The van der Waals surface area contributed by atoms with Crippen LogP contribution < -0.4 is 0 Å². The van der Waals surface area contributed by atoms with Gasteiger partial charge in [0.2, 0.25) is 5.91 Å². The Bertz CT molecular complexity index is 644. The number of rotatable bonds is 4. The summed E-state index contributed by atoms with van der Waals surface area (Å²) >= 11 is 0. The molecular formula is C17H23N5O. The first-order valence-electron chi connectivity index (χ1n) is 8.11. The van der Waals surface area contributed by atoms with E-state index in [1.54, 1.807) is 4.80 Å². The zero-order valence-corrected chi connectivity index (χ0v) is 13.7. The number of benzene rings is 1. The summed E-state index contributed by atoms with van der Waals surface area (Å²) in [4.78, 5) is 17.9. The topological polar surface area (TPSA) is 54.3 Å². The van der Waals surface area contributed by atoms with Gasteiger partial charge in [-0.05, 0) is 12.1 Å². The lowest BCUT2D eigenvalue weighted by atomic mass is 10.1. The van der Waals surface area contributed by atoms with Crippen LogP contribution in [-0.2, 0) is 11.3 Å². The third-order valence-corrected chi connectivity index (χ3v) is 4.09. The minimum Gasteiger partial charge on any atom is -0.340 e. The standard InChI is InChI=1S/C17H23N5O/c1-14(2)17(23)21-10-8-20(9-11-21)13-15-12-18-22(19-15)16-6-4-3-5-7-16/h3-7,12,14H,8-11,13H2,1-2H3. The minimum atomic E-state index is 0.0762. The fraction of sp³-hybridized carbons (Fsp3) is 0.471. The zero-order chi connectivity index (χ0) is 16.2. The van der Waals surface area contributed by atoms with Crippen LogP contribution in [0, 0.1) is 5.92 Å². The molecule has 122 valence electrons. The summed E-state index contributed by atoms with van der Waals surface area (Å²) in [5, 5.41) is 8.87. The molecule has 1 aromatic carbocycles. The summed E-state index contributed by atoms with van der Waals surface area (Å²) in [6.45, 7) is 8.05. The van der Waals surface area contributed by atoms with Gasteiger partial charge in [-0.1, -0.05) is 32.0 Å². The molecular weight excluding hydrogens is 290 g/mol. The van der Waals surface area contributed by atoms with Gasteiger partial charge < -0.3 is 4.90 Å². The van der Waals surface area contributed by atoms with Gasteiger partial charge in [0.25, 0.3) is 0 Å². The van der Waals surface area contributed by atoms with E-state index in [0.29, 0.717) is 0 Å². The number of amides is 1. The second kappa shape index (κ2) is 6.91. The Labute approximate surface area is 136 Å². The van der Waals surface area contributed by atoms with Gasteiger partial charge in [0.15, 0.2) is 0 Å². The molecule has 1 aliphatic heterocycles. The molecule has 2 heterocycles. The lowest BCUT2D eigenvalue weighted by molar-refractivity contribution is -0.136. The van der Waals surface area contributed by atoms with Gasteiger partial charge in [0, 0.05) is 38.6 Å². The van der Waals surface area contributed by atoms with E-state index >= 15 is 0 Å². The van der Waals surface area contributed by atoms with Gasteiger partial charge in [-0.25, -0.2) is 0 Å². The number of carbonyl (C=O) groups excluding carboxylic acids is 1. The van der Waals surface area contributed by atoms with E-state index in [0.717, 1.165) is 44.1 Å². The van der Waals surface area contributed by atoms with Crippen LogP contribution in [0.1, 0.15) is 19.5 Å². The highest BCUT2D eigenvalue weighted by molar-refractivity contribution is 5.78. The molecule has 0 spiro atoms. The Morgan fingerprint density at radius 1 is 1.13 bits per heavy atom. The van der Waals surface area contributed by atoms with E-state index in [9.17, 15) is 4.79 Å². The van der Waals surface area contributed by atoms with E-state index in [-0.39, 0.29) is 11.8 Å². The highest BCUT2D eigenvalue weighted by Crippen LogP contribution is 2.10. The average Bonchev–Trinajstić information content (AvgIpc) is 3.04. The molecule has 3 rings (SSSR count). The number of aromatic nitrogens is 3. The molecule has 2 aromatic rings. The predicted molar refractivity (Wildman–Crippen MR) is 88.1 cm³/mol. The highest BCUT2D eigenvalue weighted by atomic mass is 16.2. The van der Waals surface area contributed by atoms with Crippen LogP contribution in [0.3, 0.4) is 0 Å². The Kier molecular flexibility index (Phi) is 4.71. The largest absolute Gasteiger partial charge is 0.340 e. The average molecular weight is 313 g/mol. The van der Waals surface area contributed by atoms with E-state index in [2.05, 4.69) is 15.1 Å². The fourth-order valence-corrected chi connectivity index (χ4v) is 2.77. The first kappa shape index (κ1) is 15.7. The summed E-state index contributed by atoms with van der Waals surface area (Å²) in [6.07, 6.45) is 1.82. The second-order valence-corrected chi connectivity index (χ2v) is 6.22. The van der Waals surface area contributed by atoms with Gasteiger partial charge in [-0.15, -0.1) is 0 Å². The van der Waals surface area contributed by atoms with Crippen LogP contribution >= 0.6 is 0 Å². The van der Waals surface area contributed by atoms with Crippen molar-refractivity contribution in [3.63, 3.8) is 0 Å². The summed E-state index contributed by atoms with van der Waals surface area (Å²) in [7, 11) is 0. The molecule has 6 heteroatoms. The Morgan fingerprint density at radius 2 is 1.83 bits per heavy atom. The molecule has 1 aromatic heterocycles. The Balaban J connectivity index is 1.55. The number of carbonyl (C=O) groups is 1. The predicted octanol–water partition coefficient (Wildman–Crippen LogP) is 1.57. The van der Waals surface area contributed by atoms with Crippen LogP contribution in [0.15, 0.2) is 36.5 Å². The number of nitrogens with zero attached hydrogens (tertiary/aromatic N) is 5. The normalized spacial score (nSPS) is 16.0. The molecule has 0 bridgehead atoms. The van der Waals surface area contributed by atoms with Crippen molar-refractivity contribution in [2.45, 2.75) is 20.4 Å². The van der Waals surface area contributed by atoms with Crippen LogP contribution in [0.5, 0.6) is 0 Å². The molecule has 1 aliphatic rings. The number of hydrogen-bond donors (Lipinski definition) is 0. The van der Waals surface area contributed by atoms with E-state index in [1.165, 1.54) is 0 Å². The van der Waals surface area contributed by atoms with E-state index < -0.39 is 0 Å². The van der Waals surface area contributed by atoms with Gasteiger partial charge in [0.05, 0.1) is 17.6 Å². The van der Waals surface area contributed by atoms with Gasteiger partial charge in [-0.2, -0.15) is 15.0 Å². The van der Waals surface area contributed by atoms with Crippen molar-refractivity contribution in [3.05, 3.63) is 42.2 Å². The van der Waals surface area contributed by atoms with Crippen molar-refractivity contribution in [3.8, 4) is 5.69 Å². The quantitative estimate of drug-likeness (QED) is 0.860. The highest BCUT2D eigenvalue weighted by Gasteiger charge is 2.23. The van der Waals surface area contributed by atoms with Crippen molar-refractivity contribution in [2.75, 3.05) is 26.2 Å². The molecule has 1 amide bonds. The van der Waals surface area contributed by atoms with Crippen LogP contribution in [0.2, 0.25) is 0 Å². The molecule has 0 saturated carbocycles. The Hall–Kier alpha value is -2.21. The molecule has 23 heavy (non-hydrogen) atoms. The van der Waals surface area contributed by atoms with Crippen molar-refractivity contribution >= 4 is 5.91 Å². The van der Waals surface area contributed by atoms with Crippen LogP contribution in [0.4, 0.5) is 0 Å². The molecule has 0 radical (unpaired) electrons. The van der Waals surface area contributed by atoms with E-state index in [1.807, 2.05) is 55.3 Å². The Morgan fingerprint density at radius 3 is 2.48 bits per heavy atom. The molecule has 0 N–H and O–H groups in total. The first-order valence-corrected chi connectivity index (χ1v) is 8.11. The zero-order valence-electron chi connectivity index (χ0n) is 13.7. The molecule has 1 saturated heterocycles. The third kappa shape index (κ3) is 3.76. The molecule has 0 aliphatic carbocycles. The SMILES string of the molecule is CC(C)C(=O)N1CCN(Cc2cnn(-c3ccccc3)n2)CC1. The minimum absolute atomic E-state index is 0.0762. The summed E-state index contributed by atoms with van der Waals surface area (Å²) < 4.78 is 0.